The van der Waals surface area contributed by atoms with Crippen molar-refractivity contribution >= 4 is 5.97 Å². The third-order valence-corrected chi connectivity index (χ3v) is 3.94. The highest BCUT2D eigenvalue weighted by Crippen LogP contribution is 2.23. The molecule has 2 rings (SSSR count). The van der Waals surface area contributed by atoms with E-state index in [2.05, 4.69) is 17.0 Å². The van der Waals surface area contributed by atoms with Crippen LogP contribution in [0.25, 0.3) is 0 Å². The molecule has 1 aliphatic heterocycles. The zero-order valence-corrected chi connectivity index (χ0v) is 11.6. The highest BCUT2D eigenvalue weighted by atomic mass is 16.4. The molecule has 4 heteroatoms. The van der Waals surface area contributed by atoms with E-state index in [0.29, 0.717) is 11.5 Å². The van der Waals surface area contributed by atoms with Crippen LogP contribution in [0.2, 0.25) is 0 Å². The van der Waals surface area contributed by atoms with Gasteiger partial charge in [0.2, 0.25) is 0 Å². The Kier molecular flexibility index (Phi) is 5.14. The second kappa shape index (κ2) is 7.06. The lowest BCUT2D eigenvalue weighted by Gasteiger charge is -2.31. The number of carbonyl (C=O) groups is 1. The normalized spacial score (nSPS) is 16.8. The third kappa shape index (κ3) is 4.36. The smallest absolute Gasteiger partial charge is 0.303 e. The van der Waals surface area contributed by atoms with Gasteiger partial charge in [-0.25, -0.2) is 0 Å². The summed E-state index contributed by atoms with van der Waals surface area (Å²) in [6.07, 6.45) is 3.23. The first-order valence-corrected chi connectivity index (χ1v) is 7.10. The number of hydrogen-bond acceptors (Lipinski definition) is 3. The van der Waals surface area contributed by atoms with Crippen molar-refractivity contribution in [1.29, 1.82) is 5.26 Å². The van der Waals surface area contributed by atoms with Gasteiger partial charge in [-0.15, -0.1) is 0 Å². The summed E-state index contributed by atoms with van der Waals surface area (Å²) in [6.45, 7) is 2.91. The van der Waals surface area contributed by atoms with E-state index in [1.54, 1.807) is 0 Å². The average Bonchev–Trinajstić information content (AvgIpc) is 2.47. The summed E-state index contributed by atoms with van der Waals surface area (Å²) < 4.78 is 0. The SMILES string of the molecule is N#Cc1cccc(CN2CCC(CCC(=O)O)CC2)c1. The maximum Gasteiger partial charge on any atom is 0.303 e. The van der Waals surface area contributed by atoms with E-state index in [1.807, 2.05) is 18.2 Å². The molecule has 1 aromatic carbocycles. The van der Waals surface area contributed by atoms with Gasteiger partial charge in [0.1, 0.15) is 0 Å². The van der Waals surface area contributed by atoms with Crippen molar-refractivity contribution in [3.05, 3.63) is 35.4 Å². The molecule has 0 spiro atoms. The lowest BCUT2D eigenvalue weighted by molar-refractivity contribution is -0.137. The number of benzene rings is 1. The molecule has 1 N–H and O–H groups in total. The van der Waals surface area contributed by atoms with Gasteiger partial charge in [-0.2, -0.15) is 5.26 Å². The quantitative estimate of drug-likeness (QED) is 0.895. The first-order valence-electron chi connectivity index (χ1n) is 7.10. The largest absolute Gasteiger partial charge is 0.481 e. The van der Waals surface area contributed by atoms with Crippen molar-refractivity contribution in [1.82, 2.24) is 4.90 Å². The molecule has 0 aromatic heterocycles. The molecule has 106 valence electrons. The average molecular weight is 272 g/mol. The highest BCUT2D eigenvalue weighted by molar-refractivity contribution is 5.66. The summed E-state index contributed by atoms with van der Waals surface area (Å²) in [5.41, 5.74) is 1.88. The van der Waals surface area contributed by atoms with Crippen LogP contribution in [0.4, 0.5) is 0 Å². The van der Waals surface area contributed by atoms with Crippen molar-refractivity contribution in [2.24, 2.45) is 5.92 Å². The Morgan fingerprint density at radius 3 is 2.80 bits per heavy atom. The van der Waals surface area contributed by atoms with Crippen LogP contribution in [0.1, 0.15) is 36.8 Å². The van der Waals surface area contributed by atoms with E-state index in [4.69, 9.17) is 10.4 Å². The first kappa shape index (κ1) is 14.5. The highest BCUT2D eigenvalue weighted by Gasteiger charge is 2.19. The predicted octanol–water partition coefficient (Wildman–Crippen LogP) is 2.64. The topological polar surface area (TPSA) is 64.3 Å². The van der Waals surface area contributed by atoms with Crippen molar-refractivity contribution in [3.8, 4) is 6.07 Å². The zero-order chi connectivity index (χ0) is 14.4. The molecule has 0 amide bonds. The Balaban J connectivity index is 1.79. The summed E-state index contributed by atoms with van der Waals surface area (Å²) in [5, 5.41) is 17.6. The minimum absolute atomic E-state index is 0.287. The van der Waals surface area contributed by atoms with Crippen LogP contribution < -0.4 is 0 Å². The Labute approximate surface area is 119 Å². The van der Waals surface area contributed by atoms with E-state index in [9.17, 15) is 4.79 Å². The molecule has 4 nitrogen and oxygen atoms in total. The molecule has 0 saturated carbocycles. The predicted molar refractivity (Wildman–Crippen MR) is 76.0 cm³/mol. The van der Waals surface area contributed by atoms with Gasteiger partial charge in [-0.1, -0.05) is 12.1 Å². The molecular weight excluding hydrogens is 252 g/mol. The lowest BCUT2D eigenvalue weighted by atomic mass is 9.92. The van der Waals surface area contributed by atoms with Crippen LogP contribution in [0.5, 0.6) is 0 Å². The van der Waals surface area contributed by atoms with E-state index >= 15 is 0 Å². The van der Waals surface area contributed by atoms with Gasteiger partial charge in [0.15, 0.2) is 0 Å². The van der Waals surface area contributed by atoms with Crippen LogP contribution in [0, 0.1) is 17.2 Å². The summed E-state index contributed by atoms with van der Waals surface area (Å²) >= 11 is 0. The van der Waals surface area contributed by atoms with Crippen molar-refractivity contribution < 1.29 is 9.90 Å². The fraction of sp³-hybridized carbons (Fsp3) is 0.500. The monoisotopic (exact) mass is 272 g/mol. The fourth-order valence-electron chi connectivity index (χ4n) is 2.76. The molecule has 0 bridgehead atoms. The van der Waals surface area contributed by atoms with Crippen molar-refractivity contribution in [3.63, 3.8) is 0 Å². The second-order valence-electron chi connectivity index (χ2n) is 5.46. The van der Waals surface area contributed by atoms with Gasteiger partial charge in [0, 0.05) is 13.0 Å². The van der Waals surface area contributed by atoms with Gasteiger partial charge < -0.3 is 5.11 Å². The molecule has 1 saturated heterocycles. The molecular formula is C16H20N2O2. The number of rotatable bonds is 5. The molecule has 1 fully saturated rings. The number of carboxylic acids is 1. The molecule has 0 unspecified atom stereocenters. The van der Waals surface area contributed by atoms with Crippen LogP contribution in [-0.2, 0) is 11.3 Å². The fourth-order valence-corrected chi connectivity index (χ4v) is 2.76. The number of piperidine rings is 1. The van der Waals surface area contributed by atoms with E-state index in [-0.39, 0.29) is 6.42 Å². The van der Waals surface area contributed by atoms with Gasteiger partial charge in [0.05, 0.1) is 11.6 Å². The van der Waals surface area contributed by atoms with E-state index < -0.39 is 5.97 Å². The number of nitriles is 1. The van der Waals surface area contributed by atoms with E-state index in [0.717, 1.165) is 38.9 Å². The number of hydrogen-bond donors (Lipinski definition) is 1. The van der Waals surface area contributed by atoms with Gasteiger partial charge in [-0.05, 0) is 56.0 Å². The van der Waals surface area contributed by atoms with Gasteiger partial charge >= 0.3 is 5.97 Å². The zero-order valence-electron chi connectivity index (χ0n) is 11.6. The second-order valence-corrected chi connectivity index (χ2v) is 5.46. The Hall–Kier alpha value is -1.86. The van der Waals surface area contributed by atoms with Crippen LogP contribution >= 0.6 is 0 Å². The Morgan fingerprint density at radius 2 is 2.15 bits per heavy atom. The molecule has 0 atom stereocenters. The molecule has 0 aliphatic carbocycles. The van der Waals surface area contributed by atoms with Crippen LogP contribution in [-0.4, -0.2) is 29.1 Å². The van der Waals surface area contributed by atoms with E-state index in [1.165, 1.54) is 5.56 Å². The molecule has 1 aliphatic rings. The molecule has 0 radical (unpaired) electrons. The minimum atomic E-state index is -0.694. The minimum Gasteiger partial charge on any atom is -0.481 e. The number of carboxylic acid groups (broad SMARTS) is 1. The number of likely N-dealkylation sites (tertiary alicyclic amines) is 1. The van der Waals surface area contributed by atoms with Crippen LogP contribution in [0.15, 0.2) is 24.3 Å². The summed E-state index contributed by atoms with van der Waals surface area (Å²) in [4.78, 5) is 13.0. The van der Waals surface area contributed by atoms with Crippen LogP contribution in [0.3, 0.4) is 0 Å². The Morgan fingerprint density at radius 1 is 1.40 bits per heavy atom. The maximum absolute atomic E-state index is 10.6. The van der Waals surface area contributed by atoms with Crippen molar-refractivity contribution in [2.45, 2.75) is 32.2 Å². The van der Waals surface area contributed by atoms with Crippen molar-refractivity contribution in [2.75, 3.05) is 13.1 Å². The van der Waals surface area contributed by atoms with Gasteiger partial charge in [-0.3, -0.25) is 9.69 Å². The number of nitrogens with zero attached hydrogens (tertiary/aromatic N) is 2. The summed E-state index contributed by atoms with van der Waals surface area (Å²) in [5.74, 6) is -0.145. The molecule has 20 heavy (non-hydrogen) atoms. The molecule has 1 heterocycles. The van der Waals surface area contributed by atoms with Gasteiger partial charge in [0.25, 0.3) is 0 Å². The number of aliphatic carboxylic acids is 1. The third-order valence-electron chi connectivity index (χ3n) is 3.94. The molecule has 1 aromatic rings. The first-order chi connectivity index (χ1) is 9.67. The maximum atomic E-state index is 10.6. The summed E-state index contributed by atoms with van der Waals surface area (Å²) in [6, 6.07) is 9.90. The standard InChI is InChI=1S/C16H20N2O2/c17-11-14-2-1-3-15(10-14)12-18-8-6-13(7-9-18)4-5-16(19)20/h1-3,10,13H,4-9,12H2,(H,19,20). The Bertz CT molecular complexity index is 499. The lowest BCUT2D eigenvalue weighted by Crippen LogP contribution is -2.33. The summed E-state index contributed by atoms with van der Waals surface area (Å²) in [7, 11) is 0.